The summed E-state index contributed by atoms with van der Waals surface area (Å²) in [6.45, 7) is 0. The Balaban J connectivity index is 2.48. The molecule has 2 rings (SSSR count). The molecule has 14 heavy (non-hydrogen) atoms. The number of aromatic nitrogens is 2. The van der Waals surface area contributed by atoms with Crippen LogP contribution in [0.1, 0.15) is 5.69 Å². The molecule has 2 aromatic rings. The Labute approximate surface area is 80.4 Å². The number of rotatable bonds is 2. The molecule has 0 unspecified atom stereocenters. The molecule has 3 N–H and O–H groups in total. The number of H-pyrrole nitrogens is 1. The minimum Gasteiger partial charge on any atom is -0.366 e. The molecule has 0 aliphatic rings. The third kappa shape index (κ3) is 1.50. The fraction of sp³-hybridized carbons (Fsp3) is 0. The number of benzene rings is 1. The van der Waals surface area contributed by atoms with Gasteiger partial charge in [0.1, 0.15) is 0 Å². The zero-order valence-corrected chi connectivity index (χ0v) is 7.40. The lowest BCUT2D eigenvalue weighted by Crippen LogP contribution is -2.05. The van der Waals surface area contributed by atoms with Crippen molar-refractivity contribution in [2.24, 2.45) is 5.73 Å². The molecule has 0 aliphatic heterocycles. The van der Waals surface area contributed by atoms with E-state index in [-0.39, 0.29) is 0 Å². The molecule has 0 spiro atoms. The van der Waals surface area contributed by atoms with Crippen molar-refractivity contribution >= 4 is 22.9 Å². The molecular formula is C10H9N3O. The highest BCUT2D eigenvalue weighted by molar-refractivity contribution is 5.94. The first-order chi connectivity index (χ1) is 6.77. The molecule has 70 valence electrons. The topological polar surface area (TPSA) is 71.8 Å². The van der Waals surface area contributed by atoms with E-state index in [0.717, 1.165) is 16.6 Å². The van der Waals surface area contributed by atoms with Crippen LogP contribution in [0.2, 0.25) is 0 Å². The molecule has 0 radical (unpaired) electrons. The van der Waals surface area contributed by atoms with E-state index >= 15 is 0 Å². The second-order valence-corrected chi connectivity index (χ2v) is 2.89. The van der Waals surface area contributed by atoms with E-state index in [9.17, 15) is 4.79 Å². The van der Waals surface area contributed by atoms with Gasteiger partial charge in [0, 0.05) is 11.5 Å². The van der Waals surface area contributed by atoms with Gasteiger partial charge in [-0.1, -0.05) is 18.2 Å². The van der Waals surface area contributed by atoms with E-state index in [0.29, 0.717) is 0 Å². The third-order valence-electron chi connectivity index (χ3n) is 1.91. The van der Waals surface area contributed by atoms with E-state index < -0.39 is 5.91 Å². The van der Waals surface area contributed by atoms with Gasteiger partial charge in [-0.2, -0.15) is 5.10 Å². The van der Waals surface area contributed by atoms with Crippen LogP contribution < -0.4 is 5.73 Å². The van der Waals surface area contributed by atoms with Crippen LogP contribution in [0, 0.1) is 0 Å². The van der Waals surface area contributed by atoms with Gasteiger partial charge in [-0.25, -0.2) is 0 Å². The highest BCUT2D eigenvalue weighted by atomic mass is 16.1. The van der Waals surface area contributed by atoms with Crippen LogP contribution in [0.15, 0.2) is 30.3 Å². The summed E-state index contributed by atoms with van der Waals surface area (Å²) in [6, 6.07) is 7.69. The predicted molar refractivity (Wildman–Crippen MR) is 54.3 cm³/mol. The maximum Gasteiger partial charge on any atom is 0.241 e. The fourth-order valence-electron chi connectivity index (χ4n) is 1.27. The lowest BCUT2D eigenvalue weighted by atomic mass is 10.2. The van der Waals surface area contributed by atoms with Gasteiger partial charge in [-0.3, -0.25) is 9.89 Å². The minimum atomic E-state index is -0.475. The number of nitrogens with zero attached hydrogens (tertiary/aromatic N) is 1. The summed E-state index contributed by atoms with van der Waals surface area (Å²) in [5.41, 5.74) is 6.65. The largest absolute Gasteiger partial charge is 0.366 e. The third-order valence-corrected chi connectivity index (χ3v) is 1.91. The highest BCUT2D eigenvalue weighted by Gasteiger charge is 2.00. The van der Waals surface area contributed by atoms with Gasteiger partial charge >= 0.3 is 0 Å². The summed E-state index contributed by atoms with van der Waals surface area (Å²) < 4.78 is 0. The SMILES string of the molecule is NC(=O)C=Cc1n[nH]c2ccccc12. The number of primary amides is 1. The van der Waals surface area contributed by atoms with Crippen molar-refractivity contribution in [2.75, 3.05) is 0 Å². The number of nitrogens with two attached hydrogens (primary N) is 1. The van der Waals surface area contributed by atoms with Crippen LogP contribution in [0.4, 0.5) is 0 Å². The number of aromatic amines is 1. The Morgan fingerprint density at radius 1 is 1.43 bits per heavy atom. The zero-order chi connectivity index (χ0) is 9.97. The van der Waals surface area contributed by atoms with Gasteiger partial charge in [-0.05, 0) is 12.1 Å². The van der Waals surface area contributed by atoms with Gasteiger partial charge < -0.3 is 5.73 Å². The Morgan fingerprint density at radius 3 is 3.00 bits per heavy atom. The first-order valence-electron chi connectivity index (χ1n) is 4.18. The van der Waals surface area contributed by atoms with Crippen molar-refractivity contribution in [3.8, 4) is 0 Å². The number of carbonyl (C=O) groups excluding carboxylic acids is 1. The van der Waals surface area contributed by atoms with Gasteiger partial charge in [0.15, 0.2) is 0 Å². The summed E-state index contributed by atoms with van der Waals surface area (Å²) in [4.78, 5) is 10.5. The lowest BCUT2D eigenvalue weighted by molar-refractivity contribution is -0.113. The number of hydrogen-bond acceptors (Lipinski definition) is 2. The molecule has 1 aromatic carbocycles. The van der Waals surface area contributed by atoms with Crippen LogP contribution in [0.5, 0.6) is 0 Å². The van der Waals surface area contributed by atoms with E-state index in [1.54, 1.807) is 6.08 Å². The Hall–Kier alpha value is -2.10. The van der Waals surface area contributed by atoms with Gasteiger partial charge in [-0.15, -0.1) is 0 Å². The van der Waals surface area contributed by atoms with E-state index in [1.807, 2.05) is 24.3 Å². The number of amides is 1. The predicted octanol–water partition coefficient (Wildman–Crippen LogP) is 1.06. The Bertz CT molecular complexity index is 499. The normalized spacial score (nSPS) is 11.1. The number of carbonyl (C=O) groups is 1. The van der Waals surface area contributed by atoms with Crippen LogP contribution in [0.25, 0.3) is 17.0 Å². The van der Waals surface area contributed by atoms with Crippen molar-refractivity contribution in [1.82, 2.24) is 10.2 Å². The lowest BCUT2D eigenvalue weighted by Gasteiger charge is -1.87. The first kappa shape index (κ1) is 8.50. The maximum atomic E-state index is 10.5. The molecule has 0 saturated heterocycles. The zero-order valence-electron chi connectivity index (χ0n) is 7.40. The van der Waals surface area contributed by atoms with Crippen LogP contribution >= 0.6 is 0 Å². The maximum absolute atomic E-state index is 10.5. The average molecular weight is 187 g/mol. The molecule has 0 bridgehead atoms. The summed E-state index contributed by atoms with van der Waals surface area (Å²) in [5.74, 6) is -0.475. The fourth-order valence-corrected chi connectivity index (χ4v) is 1.27. The van der Waals surface area contributed by atoms with Gasteiger partial charge in [0.05, 0.1) is 11.2 Å². The monoisotopic (exact) mass is 187 g/mol. The molecule has 0 saturated carbocycles. The van der Waals surface area contributed by atoms with Gasteiger partial charge in [0.2, 0.25) is 5.91 Å². The average Bonchev–Trinajstić information content (AvgIpc) is 2.58. The van der Waals surface area contributed by atoms with Crippen LogP contribution in [-0.2, 0) is 4.79 Å². The standard InChI is InChI=1S/C10H9N3O/c11-10(14)6-5-9-7-3-1-2-4-8(7)12-13-9/h1-6H,(H2,11,14)(H,12,13). The van der Waals surface area contributed by atoms with Crippen molar-refractivity contribution in [3.63, 3.8) is 0 Å². The number of hydrogen-bond donors (Lipinski definition) is 2. The summed E-state index contributed by atoms with van der Waals surface area (Å²) >= 11 is 0. The molecule has 0 atom stereocenters. The van der Waals surface area contributed by atoms with Crippen molar-refractivity contribution in [2.45, 2.75) is 0 Å². The van der Waals surface area contributed by atoms with E-state index in [1.165, 1.54) is 6.08 Å². The van der Waals surface area contributed by atoms with Crippen LogP contribution in [0.3, 0.4) is 0 Å². The molecular weight excluding hydrogens is 178 g/mol. The van der Waals surface area contributed by atoms with Crippen molar-refractivity contribution < 1.29 is 4.79 Å². The summed E-state index contributed by atoms with van der Waals surface area (Å²) in [6.07, 6.45) is 2.89. The highest BCUT2D eigenvalue weighted by Crippen LogP contribution is 2.15. The molecule has 1 aromatic heterocycles. The van der Waals surface area contributed by atoms with Crippen molar-refractivity contribution in [3.05, 3.63) is 36.0 Å². The first-order valence-corrected chi connectivity index (χ1v) is 4.18. The second kappa shape index (κ2) is 3.33. The molecule has 0 aliphatic carbocycles. The van der Waals surface area contributed by atoms with Crippen LogP contribution in [-0.4, -0.2) is 16.1 Å². The van der Waals surface area contributed by atoms with E-state index in [2.05, 4.69) is 10.2 Å². The number of fused-ring (bicyclic) bond motifs is 1. The number of nitrogens with one attached hydrogen (secondary N) is 1. The molecule has 0 fully saturated rings. The quantitative estimate of drug-likeness (QED) is 0.690. The summed E-state index contributed by atoms with van der Waals surface area (Å²) in [7, 11) is 0. The summed E-state index contributed by atoms with van der Waals surface area (Å²) in [5, 5.41) is 7.88. The Kier molecular flexibility index (Phi) is 2.02. The smallest absolute Gasteiger partial charge is 0.241 e. The molecule has 4 heteroatoms. The number of para-hydroxylation sites is 1. The van der Waals surface area contributed by atoms with Crippen molar-refractivity contribution in [1.29, 1.82) is 0 Å². The molecule has 4 nitrogen and oxygen atoms in total. The van der Waals surface area contributed by atoms with Gasteiger partial charge in [0.25, 0.3) is 0 Å². The minimum absolute atomic E-state index is 0.475. The Morgan fingerprint density at radius 2 is 2.21 bits per heavy atom. The second-order valence-electron chi connectivity index (χ2n) is 2.89. The molecule has 1 amide bonds. The van der Waals surface area contributed by atoms with E-state index in [4.69, 9.17) is 5.73 Å². The molecule has 1 heterocycles.